The molecule has 25 heavy (non-hydrogen) atoms. The molecule has 1 fully saturated rings. The highest BCUT2D eigenvalue weighted by atomic mass is 16.9. The number of nitrogens with zero attached hydrogens (tertiary/aromatic N) is 1. The minimum atomic E-state index is -1.19. The zero-order valence-electron chi connectivity index (χ0n) is 14.8. The van der Waals surface area contributed by atoms with Crippen molar-refractivity contribution in [2.45, 2.75) is 64.2 Å². The predicted octanol–water partition coefficient (Wildman–Crippen LogP) is 1.92. The Balaban J connectivity index is 2.30. The normalized spacial score (nSPS) is 23.4. The molecule has 0 saturated heterocycles. The van der Waals surface area contributed by atoms with Gasteiger partial charge in [0.25, 0.3) is 5.09 Å². The van der Waals surface area contributed by atoms with Crippen molar-refractivity contribution in [3.05, 3.63) is 10.1 Å². The average Bonchev–Trinajstić information content (AvgIpc) is 2.44. The van der Waals surface area contributed by atoms with Gasteiger partial charge in [0.1, 0.15) is 5.60 Å². The largest absolute Gasteiger partial charge is 0.510 e. The molecule has 0 aromatic rings. The molecule has 0 aromatic carbocycles. The summed E-state index contributed by atoms with van der Waals surface area (Å²) in [6.07, 6.45) is 0.755. The molecular formula is C15H26N2O8. The maximum absolute atomic E-state index is 12.0. The standard InChI is InChI=1S/C15H26N2O8/c1-14(2,3)24-12(18)11-5-7-15(16,8-6-11)25-13(19)22-9-4-10-23-17(20)21/h11H,4-10,16H2,1-3H3. The molecule has 10 nitrogen and oxygen atoms in total. The van der Waals surface area contributed by atoms with E-state index in [1.807, 2.05) is 0 Å². The van der Waals surface area contributed by atoms with Crippen LogP contribution in [0.4, 0.5) is 4.79 Å². The second-order valence-electron chi connectivity index (χ2n) is 6.98. The Labute approximate surface area is 146 Å². The number of hydrogen-bond donors (Lipinski definition) is 1. The number of ether oxygens (including phenoxy) is 3. The molecule has 0 aliphatic heterocycles. The van der Waals surface area contributed by atoms with Gasteiger partial charge in [-0.05, 0) is 33.6 Å². The van der Waals surface area contributed by atoms with Crippen LogP contribution >= 0.6 is 0 Å². The Morgan fingerprint density at radius 1 is 1.24 bits per heavy atom. The molecule has 1 aliphatic carbocycles. The Bertz CT molecular complexity index is 480. The number of nitrogens with two attached hydrogens (primary N) is 1. The quantitative estimate of drug-likeness (QED) is 0.236. The molecule has 0 radical (unpaired) electrons. The van der Waals surface area contributed by atoms with Crippen molar-refractivity contribution in [3.63, 3.8) is 0 Å². The first-order valence-corrected chi connectivity index (χ1v) is 8.15. The van der Waals surface area contributed by atoms with Crippen LogP contribution in [0, 0.1) is 16.0 Å². The van der Waals surface area contributed by atoms with Crippen LogP contribution < -0.4 is 5.73 Å². The van der Waals surface area contributed by atoms with Gasteiger partial charge in [-0.1, -0.05) is 0 Å². The van der Waals surface area contributed by atoms with Crippen molar-refractivity contribution >= 4 is 12.1 Å². The summed E-state index contributed by atoms with van der Waals surface area (Å²) in [5.41, 5.74) is 4.29. The molecule has 1 saturated carbocycles. The van der Waals surface area contributed by atoms with Crippen LogP contribution in [0.1, 0.15) is 52.9 Å². The van der Waals surface area contributed by atoms with Gasteiger partial charge in [-0.25, -0.2) is 4.79 Å². The fraction of sp³-hybridized carbons (Fsp3) is 0.867. The second kappa shape index (κ2) is 8.84. The van der Waals surface area contributed by atoms with E-state index in [-0.39, 0.29) is 31.5 Å². The predicted molar refractivity (Wildman–Crippen MR) is 84.7 cm³/mol. The van der Waals surface area contributed by atoms with Crippen LogP contribution in [0.2, 0.25) is 0 Å². The lowest BCUT2D eigenvalue weighted by molar-refractivity contribution is -0.757. The number of carbonyl (C=O) groups is 2. The lowest BCUT2D eigenvalue weighted by Gasteiger charge is -2.35. The smallest absolute Gasteiger partial charge is 0.460 e. The first-order chi connectivity index (χ1) is 11.5. The Morgan fingerprint density at radius 2 is 1.84 bits per heavy atom. The lowest BCUT2D eigenvalue weighted by Crippen LogP contribution is -2.48. The van der Waals surface area contributed by atoms with Crippen molar-refractivity contribution in [2.75, 3.05) is 13.2 Å². The maximum Gasteiger partial charge on any atom is 0.510 e. The van der Waals surface area contributed by atoms with Crippen LogP contribution in [0.5, 0.6) is 0 Å². The molecule has 0 atom stereocenters. The number of hydrogen-bond acceptors (Lipinski definition) is 9. The first kappa shape index (κ1) is 20.9. The minimum absolute atomic E-state index is 0.0801. The fourth-order valence-electron chi connectivity index (χ4n) is 2.38. The van der Waals surface area contributed by atoms with E-state index in [0.717, 1.165) is 0 Å². The Kier molecular flexibility index (Phi) is 7.40. The summed E-state index contributed by atoms with van der Waals surface area (Å²) < 4.78 is 15.3. The monoisotopic (exact) mass is 362 g/mol. The first-order valence-electron chi connectivity index (χ1n) is 8.15. The zero-order valence-corrected chi connectivity index (χ0v) is 14.8. The van der Waals surface area contributed by atoms with Gasteiger partial charge in [0.05, 0.1) is 19.1 Å². The Hall–Kier alpha value is -2.10. The highest BCUT2D eigenvalue weighted by molar-refractivity contribution is 5.73. The summed E-state index contributed by atoms with van der Waals surface area (Å²) in [6, 6.07) is 0. The van der Waals surface area contributed by atoms with Gasteiger partial charge in [-0.15, -0.1) is 10.1 Å². The lowest BCUT2D eigenvalue weighted by atomic mass is 9.84. The third-order valence-corrected chi connectivity index (χ3v) is 3.56. The molecule has 0 amide bonds. The van der Waals surface area contributed by atoms with Crippen molar-refractivity contribution in [1.29, 1.82) is 0 Å². The molecule has 0 unspecified atom stereocenters. The summed E-state index contributed by atoms with van der Waals surface area (Å²) >= 11 is 0. The highest BCUT2D eigenvalue weighted by Crippen LogP contribution is 2.33. The molecule has 144 valence electrons. The molecule has 1 rings (SSSR count). The average molecular weight is 362 g/mol. The molecule has 1 aliphatic rings. The summed E-state index contributed by atoms with van der Waals surface area (Å²) in [4.78, 5) is 37.7. The van der Waals surface area contributed by atoms with Crippen LogP contribution in [-0.2, 0) is 23.8 Å². The van der Waals surface area contributed by atoms with Gasteiger partial charge in [0.2, 0.25) is 0 Å². The number of rotatable bonds is 7. The third-order valence-electron chi connectivity index (χ3n) is 3.56. The third kappa shape index (κ3) is 8.52. The summed E-state index contributed by atoms with van der Waals surface area (Å²) in [5, 5.41) is 9.03. The van der Waals surface area contributed by atoms with E-state index < -0.39 is 22.6 Å². The molecule has 0 heterocycles. The minimum Gasteiger partial charge on any atom is -0.460 e. The van der Waals surface area contributed by atoms with E-state index in [2.05, 4.69) is 4.84 Å². The summed E-state index contributed by atoms with van der Waals surface area (Å²) in [5.74, 6) is -0.544. The van der Waals surface area contributed by atoms with Gasteiger partial charge >= 0.3 is 12.1 Å². The zero-order chi connectivity index (χ0) is 19.1. The van der Waals surface area contributed by atoms with E-state index >= 15 is 0 Å². The second-order valence-corrected chi connectivity index (χ2v) is 6.98. The molecule has 0 aromatic heterocycles. The molecule has 0 bridgehead atoms. The van der Waals surface area contributed by atoms with E-state index in [0.29, 0.717) is 25.7 Å². The van der Waals surface area contributed by atoms with E-state index in [4.69, 9.17) is 19.9 Å². The van der Waals surface area contributed by atoms with Gasteiger partial charge in [-0.2, -0.15) is 0 Å². The molecular weight excluding hydrogens is 336 g/mol. The summed E-state index contributed by atoms with van der Waals surface area (Å²) in [7, 11) is 0. The SMILES string of the molecule is CC(C)(C)OC(=O)C1CCC(N)(OC(=O)OCCCO[N+](=O)[O-])CC1. The van der Waals surface area contributed by atoms with Gasteiger partial charge < -0.3 is 19.0 Å². The molecule has 0 spiro atoms. The molecule has 2 N–H and O–H groups in total. The summed E-state index contributed by atoms with van der Waals surface area (Å²) in [6.45, 7) is 5.15. The number of carbonyl (C=O) groups excluding carboxylic acids is 2. The topological polar surface area (TPSA) is 140 Å². The van der Waals surface area contributed by atoms with Crippen molar-refractivity contribution in [1.82, 2.24) is 0 Å². The molecule has 10 heteroatoms. The van der Waals surface area contributed by atoms with Gasteiger partial charge in [0.15, 0.2) is 5.72 Å². The van der Waals surface area contributed by atoms with E-state index in [9.17, 15) is 19.7 Å². The number of esters is 1. The van der Waals surface area contributed by atoms with Crippen molar-refractivity contribution in [2.24, 2.45) is 11.7 Å². The van der Waals surface area contributed by atoms with Crippen molar-refractivity contribution in [3.8, 4) is 0 Å². The Morgan fingerprint density at radius 3 is 2.36 bits per heavy atom. The van der Waals surface area contributed by atoms with Crippen LogP contribution in [0.3, 0.4) is 0 Å². The van der Waals surface area contributed by atoms with Gasteiger partial charge in [-0.3, -0.25) is 10.5 Å². The van der Waals surface area contributed by atoms with Crippen molar-refractivity contribution < 1.29 is 33.7 Å². The van der Waals surface area contributed by atoms with Gasteiger partial charge in [0, 0.05) is 19.3 Å². The van der Waals surface area contributed by atoms with Crippen LogP contribution in [0.25, 0.3) is 0 Å². The fourth-order valence-corrected chi connectivity index (χ4v) is 2.38. The van der Waals surface area contributed by atoms with E-state index in [1.54, 1.807) is 20.8 Å². The van der Waals surface area contributed by atoms with Crippen LogP contribution in [0.15, 0.2) is 0 Å². The van der Waals surface area contributed by atoms with Crippen LogP contribution in [-0.4, -0.2) is 41.8 Å². The van der Waals surface area contributed by atoms with E-state index in [1.165, 1.54) is 0 Å². The highest BCUT2D eigenvalue weighted by Gasteiger charge is 2.39. The maximum atomic E-state index is 12.0.